The average molecular weight is 138 g/mol. The molecule has 2 aliphatic rings. The van der Waals surface area contributed by atoms with Crippen LogP contribution < -0.4 is 0 Å². The molecular weight excluding hydrogens is 120 g/mol. The summed E-state index contributed by atoms with van der Waals surface area (Å²) in [6, 6.07) is 0. The van der Waals surface area contributed by atoms with Gasteiger partial charge in [0.05, 0.1) is 0 Å². The lowest BCUT2D eigenvalue weighted by atomic mass is 9.80. The van der Waals surface area contributed by atoms with Crippen LogP contribution in [0, 0.1) is 11.3 Å². The zero-order valence-electron chi connectivity index (χ0n) is 7.03. The highest BCUT2D eigenvalue weighted by Crippen LogP contribution is 2.50. The van der Waals surface area contributed by atoms with Crippen molar-refractivity contribution in [1.29, 1.82) is 0 Å². The number of hydrogen-bond acceptors (Lipinski definition) is 0. The van der Waals surface area contributed by atoms with Crippen molar-refractivity contribution in [3.63, 3.8) is 0 Å². The van der Waals surface area contributed by atoms with Crippen molar-refractivity contribution < 1.29 is 0 Å². The van der Waals surface area contributed by atoms with Crippen molar-refractivity contribution in [2.24, 2.45) is 11.3 Å². The predicted molar refractivity (Wildman–Crippen MR) is 43.9 cm³/mol. The van der Waals surface area contributed by atoms with Gasteiger partial charge in [-0.1, -0.05) is 26.2 Å². The Bertz CT molecular complexity index is 118. The Hall–Kier alpha value is 0. The third kappa shape index (κ3) is 1.36. The van der Waals surface area contributed by atoms with Gasteiger partial charge in [0.2, 0.25) is 0 Å². The SMILES string of the molecule is CC1(CCC2CCC2)CC1. The second kappa shape index (κ2) is 2.25. The minimum Gasteiger partial charge on any atom is -0.0596 e. The third-order valence-electron chi connectivity index (χ3n) is 3.48. The van der Waals surface area contributed by atoms with Crippen LogP contribution in [-0.2, 0) is 0 Å². The van der Waals surface area contributed by atoms with Crippen LogP contribution in [-0.4, -0.2) is 0 Å². The van der Waals surface area contributed by atoms with Gasteiger partial charge >= 0.3 is 0 Å². The molecule has 0 atom stereocenters. The zero-order valence-corrected chi connectivity index (χ0v) is 7.03. The first-order valence-electron chi connectivity index (χ1n) is 4.79. The van der Waals surface area contributed by atoms with Crippen molar-refractivity contribution in [3.05, 3.63) is 0 Å². The smallest absolute Gasteiger partial charge is 0.0325 e. The van der Waals surface area contributed by atoms with Crippen molar-refractivity contribution in [2.75, 3.05) is 0 Å². The van der Waals surface area contributed by atoms with Gasteiger partial charge in [-0.3, -0.25) is 0 Å². The highest BCUT2D eigenvalue weighted by Gasteiger charge is 2.37. The molecule has 0 heterocycles. The molecule has 0 N–H and O–H groups in total. The molecule has 0 saturated heterocycles. The van der Waals surface area contributed by atoms with E-state index in [0.29, 0.717) is 0 Å². The van der Waals surface area contributed by atoms with E-state index in [9.17, 15) is 0 Å². The van der Waals surface area contributed by atoms with E-state index >= 15 is 0 Å². The van der Waals surface area contributed by atoms with Gasteiger partial charge in [-0.2, -0.15) is 0 Å². The summed E-state index contributed by atoms with van der Waals surface area (Å²) >= 11 is 0. The Morgan fingerprint density at radius 1 is 1.30 bits per heavy atom. The van der Waals surface area contributed by atoms with E-state index in [4.69, 9.17) is 0 Å². The van der Waals surface area contributed by atoms with Crippen LogP contribution in [0.15, 0.2) is 0 Å². The minimum absolute atomic E-state index is 0.815. The van der Waals surface area contributed by atoms with Gasteiger partial charge in [-0.05, 0) is 37.0 Å². The van der Waals surface area contributed by atoms with Crippen molar-refractivity contribution in [3.8, 4) is 0 Å². The summed E-state index contributed by atoms with van der Waals surface area (Å²) in [5, 5.41) is 0. The Morgan fingerprint density at radius 3 is 2.40 bits per heavy atom. The van der Waals surface area contributed by atoms with Crippen LogP contribution in [0.3, 0.4) is 0 Å². The molecule has 2 fully saturated rings. The molecule has 0 aromatic carbocycles. The van der Waals surface area contributed by atoms with Crippen LogP contribution in [0.25, 0.3) is 0 Å². The summed E-state index contributed by atoms with van der Waals surface area (Å²) in [5.41, 5.74) is 0.815. The summed E-state index contributed by atoms with van der Waals surface area (Å²) in [6.07, 6.45) is 10.7. The number of hydrogen-bond donors (Lipinski definition) is 0. The highest BCUT2D eigenvalue weighted by atomic mass is 14.4. The predicted octanol–water partition coefficient (Wildman–Crippen LogP) is 3.37. The maximum atomic E-state index is 2.45. The number of rotatable bonds is 3. The summed E-state index contributed by atoms with van der Waals surface area (Å²) in [7, 11) is 0. The highest BCUT2D eigenvalue weighted by molar-refractivity contribution is 4.89. The molecule has 0 unspecified atom stereocenters. The molecule has 0 aromatic heterocycles. The lowest BCUT2D eigenvalue weighted by Crippen LogP contribution is -2.12. The molecule has 2 aliphatic carbocycles. The first-order valence-corrected chi connectivity index (χ1v) is 4.79. The van der Waals surface area contributed by atoms with E-state index in [-0.39, 0.29) is 0 Å². The fraction of sp³-hybridized carbons (Fsp3) is 1.00. The molecule has 58 valence electrons. The van der Waals surface area contributed by atoms with Crippen LogP contribution in [0.4, 0.5) is 0 Å². The minimum atomic E-state index is 0.815. The second-order valence-corrected chi connectivity index (χ2v) is 4.65. The fourth-order valence-corrected chi connectivity index (χ4v) is 1.80. The van der Waals surface area contributed by atoms with Gasteiger partial charge in [0, 0.05) is 0 Å². The molecule has 0 bridgehead atoms. The molecule has 2 saturated carbocycles. The maximum absolute atomic E-state index is 2.45. The Morgan fingerprint density at radius 2 is 2.00 bits per heavy atom. The Labute approximate surface area is 64.0 Å². The topological polar surface area (TPSA) is 0 Å². The Kier molecular flexibility index (Phi) is 1.51. The van der Waals surface area contributed by atoms with E-state index in [2.05, 4.69) is 6.92 Å². The summed E-state index contributed by atoms with van der Waals surface area (Å²) in [5.74, 6) is 1.14. The summed E-state index contributed by atoms with van der Waals surface area (Å²) in [6.45, 7) is 2.45. The van der Waals surface area contributed by atoms with Gasteiger partial charge in [0.15, 0.2) is 0 Å². The standard InChI is InChI=1S/C10H18/c1-10(7-8-10)6-5-9-3-2-4-9/h9H,2-8H2,1H3. The van der Waals surface area contributed by atoms with Crippen LogP contribution in [0.5, 0.6) is 0 Å². The molecule has 10 heavy (non-hydrogen) atoms. The molecule has 0 aromatic rings. The maximum Gasteiger partial charge on any atom is -0.0325 e. The molecular formula is C10H18. The molecule has 0 nitrogen and oxygen atoms in total. The van der Waals surface area contributed by atoms with Gasteiger partial charge in [0.25, 0.3) is 0 Å². The van der Waals surface area contributed by atoms with Crippen molar-refractivity contribution in [2.45, 2.75) is 51.9 Å². The van der Waals surface area contributed by atoms with Crippen molar-refractivity contribution >= 4 is 0 Å². The molecule has 0 aliphatic heterocycles. The lowest BCUT2D eigenvalue weighted by molar-refractivity contribution is 0.268. The van der Waals surface area contributed by atoms with Crippen LogP contribution in [0.1, 0.15) is 51.9 Å². The monoisotopic (exact) mass is 138 g/mol. The third-order valence-corrected chi connectivity index (χ3v) is 3.48. The van der Waals surface area contributed by atoms with Gasteiger partial charge in [0.1, 0.15) is 0 Å². The molecule has 0 radical (unpaired) electrons. The first kappa shape index (κ1) is 6.69. The first-order chi connectivity index (χ1) is 4.79. The van der Waals surface area contributed by atoms with E-state index < -0.39 is 0 Å². The van der Waals surface area contributed by atoms with E-state index in [1.165, 1.54) is 44.9 Å². The van der Waals surface area contributed by atoms with Gasteiger partial charge in [-0.15, -0.1) is 0 Å². The summed E-state index contributed by atoms with van der Waals surface area (Å²) in [4.78, 5) is 0. The lowest BCUT2D eigenvalue weighted by Gasteiger charge is -2.26. The average Bonchev–Trinajstić information content (AvgIpc) is 2.44. The molecule has 2 rings (SSSR count). The normalized spacial score (nSPS) is 29.7. The van der Waals surface area contributed by atoms with Crippen LogP contribution in [0.2, 0.25) is 0 Å². The second-order valence-electron chi connectivity index (χ2n) is 4.65. The molecule has 0 heteroatoms. The van der Waals surface area contributed by atoms with E-state index in [1.54, 1.807) is 0 Å². The van der Waals surface area contributed by atoms with Crippen LogP contribution >= 0.6 is 0 Å². The van der Waals surface area contributed by atoms with Gasteiger partial charge in [-0.25, -0.2) is 0 Å². The molecule has 0 spiro atoms. The fourth-order valence-electron chi connectivity index (χ4n) is 1.80. The quantitative estimate of drug-likeness (QED) is 0.561. The summed E-state index contributed by atoms with van der Waals surface area (Å²) < 4.78 is 0. The zero-order chi connectivity index (χ0) is 7.03. The largest absolute Gasteiger partial charge is 0.0596 e. The van der Waals surface area contributed by atoms with E-state index in [1.807, 2.05) is 0 Å². The van der Waals surface area contributed by atoms with Gasteiger partial charge < -0.3 is 0 Å². The van der Waals surface area contributed by atoms with Crippen molar-refractivity contribution in [1.82, 2.24) is 0 Å². The van der Waals surface area contributed by atoms with E-state index in [0.717, 1.165) is 11.3 Å². The molecule has 0 amide bonds. The Balaban J connectivity index is 1.63.